The molecule has 0 radical (unpaired) electrons. The Morgan fingerprint density at radius 1 is 0.920 bits per heavy atom. The van der Waals surface area contributed by atoms with Crippen molar-refractivity contribution in [3.05, 3.63) is 102 Å². The number of hydrogen-bond donors (Lipinski definition) is 0. The topological polar surface area (TPSA) is 43.4 Å². The minimum atomic E-state index is -0.702. The molecule has 0 aromatic heterocycles. The fourth-order valence-corrected chi connectivity index (χ4v) is 2.09. The SMILES string of the molecule is C=C(CC=Cc1ccccc1)C(=O)OC(=O)C=CCc1ccccc1. The second-order valence-corrected chi connectivity index (χ2v) is 5.42. The summed E-state index contributed by atoms with van der Waals surface area (Å²) < 4.78 is 4.75. The Morgan fingerprint density at radius 2 is 1.56 bits per heavy atom. The molecule has 2 aromatic carbocycles. The summed E-state index contributed by atoms with van der Waals surface area (Å²) in [5.41, 5.74) is 2.34. The van der Waals surface area contributed by atoms with E-state index in [4.69, 9.17) is 4.74 Å². The molecule has 0 unspecified atom stereocenters. The van der Waals surface area contributed by atoms with E-state index in [1.807, 2.05) is 72.8 Å². The van der Waals surface area contributed by atoms with Crippen molar-refractivity contribution in [3.8, 4) is 0 Å². The van der Waals surface area contributed by atoms with Crippen molar-refractivity contribution in [1.29, 1.82) is 0 Å². The molecule has 0 aliphatic rings. The lowest BCUT2D eigenvalue weighted by Gasteiger charge is -2.01. The molecule has 0 atom stereocenters. The monoisotopic (exact) mass is 332 g/mol. The number of carbonyl (C=O) groups excluding carboxylic acids is 2. The van der Waals surface area contributed by atoms with Gasteiger partial charge in [-0.15, -0.1) is 0 Å². The fraction of sp³-hybridized carbons (Fsp3) is 0.0909. The Hall–Kier alpha value is -3.20. The lowest BCUT2D eigenvalue weighted by atomic mass is 10.1. The number of ether oxygens (including phenoxy) is 1. The second kappa shape index (κ2) is 9.83. The Balaban J connectivity index is 1.75. The molecule has 0 saturated carbocycles. The van der Waals surface area contributed by atoms with Crippen LogP contribution in [-0.2, 0) is 20.7 Å². The summed E-state index contributed by atoms with van der Waals surface area (Å²) in [5, 5.41) is 0. The molecule has 0 aliphatic heterocycles. The zero-order chi connectivity index (χ0) is 17.9. The molecule has 0 spiro atoms. The summed E-state index contributed by atoms with van der Waals surface area (Å²) in [4.78, 5) is 23.5. The van der Waals surface area contributed by atoms with Gasteiger partial charge in [0.15, 0.2) is 0 Å². The molecule has 0 amide bonds. The summed E-state index contributed by atoms with van der Waals surface area (Å²) in [5.74, 6) is -1.39. The highest BCUT2D eigenvalue weighted by molar-refractivity contribution is 5.99. The van der Waals surface area contributed by atoms with E-state index in [-0.39, 0.29) is 5.57 Å². The van der Waals surface area contributed by atoms with E-state index in [1.165, 1.54) is 6.08 Å². The number of esters is 2. The Morgan fingerprint density at radius 3 is 2.24 bits per heavy atom. The Kier molecular flexibility index (Phi) is 7.13. The average molecular weight is 332 g/mol. The first-order chi connectivity index (χ1) is 12.1. The average Bonchev–Trinajstić information content (AvgIpc) is 2.63. The van der Waals surface area contributed by atoms with Gasteiger partial charge in [-0.1, -0.05) is 85.5 Å². The van der Waals surface area contributed by atoms with Crippen molar-refractivity contribution in [1.82, 2.24) is 0 Å². The molecule has 2 rings (SSSR count). The van der Waals surface area contributed by atoms with Crippen LogP contribution in [-0.4, -0.2) is 11.9 Å². The molecule has 3 heteroatoms. The molecule has 3 nitrogen and oxygen atoms in total. The third kappa shape index (κ3) is 6.83. The minimum absolute atomic E-state index is 0.233. The van der Waals surface area contributed by atoms with E-state index < -0.39 is 11.9 Å². The van der Waals surface area contributed by atoms with Gasteiger partial charge < -0.3 is 4.74 Å². The highest BCUT2D eigenvalue weighted by Gasteiger charge is 2.10. The van der Waals surface area contributed by atoms with Crippen molar-refractivity contribution >= 4 is 18.0 Å². The second-order valence-electron chi connectivity index (χ2n) is 5.42. The molecule has 0 N–H and O–H groups in total. The van der Waals surface area contributed by atoms with Gasteiger partial charge >= 0.3 is 11.9 Å². The first-order valence-electron chi connectivity index (χ1n) is 8.01. The minimum Gasteiger partial charge on any atom is -0.386 e. The third-order valence-electron chi connectivity index (χ3n) is 3.41. The molecule has 0 heterocycles. The molecular weight excluding hydrogens is 312 g/mol. The van der Waals surface area contributed by atoms with E-state index >= 15 is 0 Å². The van der Waals surface area contributed by atoms with Crippen molar-refractivity contribution in [2.45, 2.75) is 12.8 Å². The zero-order valence-electron chi connectivity index (χ0n) is 13.9. The van der Waals surface area contributed by atoms with Crippen LogP contribution in [0.1, 0.15) is 17.5 Å². The number of hydrogen-bond acceptors (Lipinski definition) is 3. The summed E-state index contributed by atoms with van der Waals surface area (Å²) in [6.45, 7) is 3.66. The predicted molar refractivity (Wildman–Crippen MR) is 99.6 cm³/mol. The normalized spacial score (nSPS) is 10.9. The van der Waals surface area contributed by atoms with Crippen LogP contribution in [0.4, 0.5) is 0 Å². The van der Waals surface area contributed by atoms with Crippen molar-refractivity contribution in [2.24, 2.45) is 0 Å². The van der Waals surface area contributed by atoms with Crippen LogP contribution in [0.2, 0.25) is 0 Å². The highest BCUT2D eigenvalue weighted by Crippen LogP contribution is 2.07. The molecule has 0 saturated heterocycles. The van der Waals surface area contributed by atoms with Crippen LogP contribution in [0.5, 0.6) is 0 Å². The largest absolute Gasteiger partial charge is 0.386 e. The van der Waals surface area contributed by atoms with Gasteiger partial charge in [-0.3, -0.25) is 0 Å². The lowest BCUT2D eigenvalue weighted by molar-refractivity contribution is -0.153. The molecule has 0 aliphatic carbocycles. The maximum absolute atomic E-state index is 11.8. The molecule has 2 aromatic rings. The van der Waals surface area contributed by atoms with Gasteiger partial charge in [0.1, 0.15) is 0 Å². The molecular formula is C22H20O3. The van der Waals surface area contributed by atoms with Crippen LogP contribution in [0.25, 0.3) is 6.08 Å². The standard InChI is InChI=1S/C22H20O3/c1-18(10-8-15-19-11-4-2-5-12-19)22(24)25-21(23)17-9-16-20-13-6-3-7-14-20/h2-9,11-15,17H,1,10,16H2. The van der Waals surface area contributed by atoms with Crippen LogP contribution < -0.4 is 0 Å². The highest BCUT2D eigenvalue weighted by atomic mass is 16.6. The van der Waals surface area contributed by atoms with E-state index in [0.717, 1.165) is 11.1 Å². The fourth-order valence-electron chi connectivity index (χ4n) is 2.09. The van der Waals surface area contributed by atoms with E-state index in [0.29, 0.717) is 12.8 Å². The van der Waals surface area contributed by atoms with Gasteiger partial charge in [-0.2, -0.15) is 0 Å². The maximum Gasteiger partial charge on any atom is 0.341 e. The number of carbonyl (C=O) groups is 2. The van der Waals surface area contributed by atoms with Crippen molar-refractivity contribution < 1.29 is 14.3 Å². The van der Waals surface area contributed by atoms with Crippen molar-refractivity contribution in [2.75, 3.05) is 0 Å². The van der Waals surface area contributed by atoms with Crippen molar-refractivity contribution in [3.63, 3.8) is 0 Å². The smallest absolute Gasteiger partial charge is 0.341 e. The van der Waals surface area contributed by atoms with Gasteiger partial charge in [0, 0.05) is 11.6 Å². The van der Waals surface area contributed by atoms with E-state index in [2.05, 4.69) is 6.58 Å². The summed E-state index contributed by atoms with van der Waals surface area (Å²) in [6, 6.07) is 19.4. The Bertz CT molecular complexity index is 771. The van der Waals surface area contributed by atoms with E-state index in [1.54, 1.807) is 6.08 Å². The van der Waals surface area contributed by atoms with Gasteiger partial charge in [0.2, 0.25) is 0 Å². The number of allylic oxidation sites excluding steroid dienone is 2. The summed E-state index contributed by atoms with van der Waals surface area (Å²) in [6.07, 6.45) is 7.56. The maximum atomic E-state index is 11.8. The van der Waals surface area contributed by atoms with Crippen LogP contribution in [0.3, 0.4) is 0 Å². The van der Waals surface area contributed by atoms with Gasteiger partial charge in [-0.25, -0.2) is 9.59 Å². The number of rotatable bonds is 7. The zero-order valence-corrected chi connectivity index (χ0v) is 13.9. The Labute approximate surface area is 148 Å². The van der Waals surface area contributed by atoms with Crippen LogP contribution in [0, 0.1) is 0 Å². The predicted octanol–water partition coefficient (Wildman–Crippen LogP) is 4.51. The summed E-state index contributed by atoms with van der Waals surface area (Å²) in [7, 11) is 0. The quantitative estimate of drug-likeness (QED) is 0.425. The first kappa shape index (κ1) is 18.1. The van der Waals surface area contributed by atoms with Gasteiger partial charge in [0.05, 0.1) is 0 Å². The molecule has 0 fully saturated rings. The van der Waals surface area contributed by atoms with E-state index in [9.17, 15) is 9.59 Å². The van der Waals surface area contributed by atoms with Gasteiger partial charge in [0.25, 0.3) is 0 Å². The third-order valence-corrected chi connectivity index (χ3v) is 3.41. The van der Waals surface area contributed by atoms with Gasteiger partial charge in [-0.05, 0) is 24.0 Å². The molecule has 25 heavy (non-hydrogen) atoms. The van der Waals surface area contributed by atoms with Crippen LogP contribution in [0.15, 0.2) is 91.0 Å². The number of benzene rings is 2. The lowest BCUT2D eigenvalue weighted by Crippen LogP contribution is -2.11. The summed E-state index contributed by atoms with van der Waals surface area (Å²) >= 11 is 0. The first-order valence-corrected chi connectivity index (χ1v) is 8.01. The molecule has 126 valence electrons. The molecule has 0 bridgehead atoms. The van der Waals surface area contributed by atoms with Crippen LogP contribution >= 0.6 is 0 Å².